The topological polar surface area (TPSA) is 88.8 Å². The van der Waals surface area contributed by atoms with Crippen molar-refractivity contribution in [2.75, 3.05) is 6.54 Å². The Bertz CT molecular complexity index is 363. The molecule has 5 nitrogen and oxygen atoms in total. The molecule has 2 aliphatic rings. The number of hydrogen-bond acceptors (Lipinski definition) is 4. The van der Waals surface area contributed by atoms with Gasteiger partial charge in [0.25, 0.3) is 0 Å². The SMILES string of the molecule is NN=NC1=C/C(=C/NCC2CC2)C(N)C=C1. The van der Waals surface area contributed by atoms with Gasteiger partial charge in [-0.3, -0.25) is 0 Å². The normalized spacial score (nSPS) is 27.4. The van der Waals surface area contributed by atoms with E-state index in [4.69, 9.17) is 11.6 Å². The molecule has 1 unspecified atom stereocenters. The highest BCUT2D eigenvalue weighted by Gasteiger charge is 2.20. The molecule has 0 aromatic rings. The summed E-state index contributed by atoms with van der Waals surface area (Å²) < 4.78 is 0. The van der Waals surface area contributed by atoms with Gasteiger partial charge < -0.3 is 16.9 Å². The minimum atomic E-state index is -0.0802. The number of nitrogens with zero attached hydrogens (tertiary/aromatic N) is 2. The lowest BCUT2D eigenvalue weighted by Gasteiger charge is -2.13. The maximum absolute atomic E-state index is 5.93. The standard InChI is InChI=1S/C11H17N5/c12-11-4-3-10(15-16-13)5-9(11)7-14-6-8-1-2-8/h3-5,7-8,11,14H,1-2,6,12H2,(H2,13,15)/b9-7-. The Morgan fingerprint density at radius 2 is 2.31 bits per heavy atom. The van der Waals surface area contributed by atoms with E-state index >= 15 is 0 Å². The van der Waals surface area contributed by atoms with Gasteiger partial charge in [-0.25, -0.2) is 0 Å². The van der Waals surface area contributed by atoms with Gasteiger partial charge in [0.15, 0.2) is 0 Å². The second-order valence-corrected chi connectivity index (χ2v) is 4.17. The minimum absolute atomic E-state index is 0.0802. The summed E-state index contributed by atoms with van der Waals surface area (Å²) in [4.78, 5) is 0. The average Bonchev–Trinajstić information content (AvgIpc) is 3.07. The van der Waals surface area contributed by atoms with Crippen LogP contribution in [0.4, 0.5) is 0 Å². The highest BCUT2D eigenvalue weighted by Crippen LogP contribution is 2.27. The Balaban J connectivity index is 1.97. The van der Waals surface area contributed by atoms with Crippen LogP contribution in [-0.4, -0.2) is 12.6 Å². The first-order chi connectivity index (χ1) is 7.79. The van der Waals surface area contributed by atoms with Gasteiger partial charge in [-0.15, -0.1) is 5.11 Å². The van der Waals surface area contributed by atoms with Crippen molar-refractivity contribution in [1.29, 1.82) is 0 Å². The molecule has 0 aromatic heterocycles. The van der Waals surface area contributed by atoms with E-state index in [0.717, 1.165) is 23.7 Å². The Hall–Kier alpha value is -1.62. The van der Waals surface area contributed by atoms with Crippen molar-refractivity contribution in [3.05, 3.63) is 35.7 Å². The molecular weight excluding hydrogens is 202 g/mol. The summed E-state index contributed by atoms with van der Waals surface area (Å²) >= 11 is 0. The molecule has 86 valence electrons. The Labute approximate surface area is 95.0 Å². The zero-order valence-electron chi connectivity index (χ0n) is 9.13. The molecular formula is C11H17N5. The van der Waals surface area contributed by atoms with Gasteiger partial charge in [-0.1, -0.05) is 11.3 Å². The van der Waals surface area contributed by atoms with E-state index in [1.54, 1.807) is 0 Å². The van der Waals surface area contributed by atoms with Gasteiger partial charge in [0.1, 0.15) is 0 Å². The third-order valence-electron chi connectivity index (χ3n) is 2.72. The number of hydrogen-bond donors (Lipinski definition) is 3. The van der Waals surface area contributed by atoms with Crippen LogP contribution in [0.25, 0.3) is 0 Å². The lowest BCUT2D eigenvalue weighted by molar-refractivity contribution is 0.739. The predicted molar refractivity (Wildman–Crippen MR) is 63.1 cm³/mol. The molecule has 5 N–H and O–H groups in total. The van der Waals surface area contributed by atoms with E-state index < -0.39 is 0 Å². The van der Waals surface area contributed by atoms with Crippen molar-refractivity contribution in [2.24, 2.45) is 27.8 Å². The molecule has 0 spiro atoms. The zero-order chi connectivity index (χ0) is 11.4. The molecule has 5 heteroatoms. The van der Waals surface area contributed by atoms with Gasteiger partial charge in [-0.2, -0.15) is 0 Å². The number of allylic oxidation sites excluding steroid dienone is 1. The van der Waals surface area contributed by atoms with E-state index in [9.17, 15) is 0 Å². The second-order valence-electron chi connectivity index (χ2n) is 4.17. The fraction of sp³-hybridized carbons (Fsp3) is 0.455. The highest BCUT2D eigenvalue weighted by atomic mass is 15.3. The van der Waals surface area contributed by atoms with Crippen molar-refractivity contribution in [3.63, 3.8) is 0 Å². The summed E-state index contributed by atoms with van der Waals surface area (Å²) in [5, 5.41) is 10.3. The van der Waals surface area contributed by atoms with Gasteiger partial charge in [0, 0.05) is 18.8 Å². The molecule has 2 aliphatic carbocycles. The monoisotopic (exact) mass is 219 g/mol. The smallest absolute Gasteiger partial charge is 0.0875 e. The summed E-state index contributed by atoms with van der Waals surface area (Å²) in [5.41, 5.74) is 7.66. The minimum Gasteiger partial charge on any atom is -0.390 e. The Kier molecular flexibility index (Phi) is 3.36. The highest BCUT2D eigenvalue weighted by molar-refractivity contribution is 5.40. The summed E-state index contributed by atoms with van der Waals surface area (Å²) in [7, 11) is 0. The lowest BCUT2D eigenvalue weighted by Crippen LogP contribution is -2.23. The zero-order valence-corrected chi connectivity index (χ0v) is 9.13. The molecule has 1 saturated carbocycles. The summed E-state index contributed by atoms with van der Waals surface area (Å²) in [6.45, 7) is 1.03. The van der Waals surface area contributed by atoms with Gasteiger partial charge in [-0.05, 0) is 36.5 Å². The first-order valence-electron chi connectivity index (χ1n) is 5.49. The number of nitrogens with one attached hydrogen (secondary N) is 1. The molecule has 16 heavy (non-hydrogen) atoms. The number of nitrogens with two attached hydrogens (primary N) is 2. The van der Waals surface area contributed by atoms with Gasteiger partial charge >= 0.3 is 0 Å². The summed E-state index contributed by atoms with van der Waals surface area (Å²) in [6, 6.07) is -0.0802. The van der Waals surface area contributed by atoms with Crippen LogP contribution in [0.3, 0.4) is 0 Å². The van der Waals surface area contributed by atoms with E-state index in [2.05, 4.69) is 15.7 Å². The largest absolute Gasteiger partial charge is 0.390 e. The van der Waals surface area contributed by atoms with Crippen molar-refractivity contribution in [2.45, 2.75) is 18.9 Å². The Morgan fingerprint density at radius 3 is 3.00 bits per heavy atom. The molecule has 0 amide bonds. The quantitative estimate of drug-likeness (QED) is 0.374. The van der Waals surface area contributed by atoms with Crippen molar-refractivity contribution < 1.29 is 0 Å². The maximum Gasteiger partial charge on any atom is 0.0875 e. The van der Waals surface area contributed by atoms with Crippen LogP contribution in [0.2, 0.25) is 0 Å². The molecule has 0 bridgehead atoms. The molecule has 0 saturated heterocycles. The number of rotatable bonds is 4. The van der Waals surface area contributed by atoms with Crippen LogP contribution >= 0.6 is 0 Å². The van der Waals surface area contributed by atoms with Crippen LogP contribution in [0.5, 0.6) is 0 Å². The summed E-state index contributed by atoms with van der Waals surface area (Å²) in [6.07, 6.45) is 10.2. The van der Waals surface area contributed by atoms with Crippen molar-refractivity contribution in [1.82, 2.24) is 5.32 Å². The third kappa shape index (κ3) is 2.93. The molecule has 1 fully saturated rings. The first-order valence-corrected chi connectivity index (χ1v) is 5.49. The average molecular weight is 219 g/mol. The van der Waals surface area contributed by atoms with E-state index in [0.29, 0.717) is 0 Å². The van der Waals surface area contributed by atoms with Crippen LogP contribution < -0.4 is 16.9 Å². The lowest BCUT2D eigenvalue weighted by atomic mass is 10.0. The molecule has 2 rings (SSSR count). The van der Waals surface area contributed by atoms with E-state index in [-0.39, 0.29) is 6.04 Å². The molecule has 0 aromatic carbocycles. The second kappa shape index (κ2) is 4.94. The van der Waals surface area contributed by atoms with E-state index in [1.807, 2.05) is 24.4 Å². The van der Waals surface area contributed by atoms with Crippen LogP contribution in [0, 0.1) is 5.92 Å². The van der Waals surface area contributed by atoms with Crippen molar-refractivity contribution >= 4 is 0 Å². The summed E-state index contributed by atoms with van der Waals surface area (Å²) in [5.74, 6) is 5.85. The molecule has 0 radical (unpaired) electrons. The van der Waals surface area contributed by atoms with Crippen LogP contribution in [0.1, 0.15) is 12.8 Å². The molecule has 0 aliphatic heterocycles. The van der Waals surface area contributed by atoms with Crippen molar-refractivity contribution in [3.8, 4) is 0 Å². The van der Waals surface area contributed by atoms with E-state index in [1.165, 1.54) is 12.8 Å². The molecule has 0 heterocycles. The maximum atomic E-state index is 5.93. The predicted octanol–water partition coefficient (Wildman–Crippen LogP) is 0.977. The first kappa shape index (κ1) is 10.9. The third-order valence-corrected chi connectivity index (χ3v) is 2.72. The van der Waals surface area contributed by atoms with Gasteiger partial charge in [0.2, 0.25) is 0 Å². The fourth-order valence-corrected chi connectivity index (χ4v) is 1.56. The molecule has 1 atom stereocenters. The van der Waals surface area contributed by atoms with Gasteiger partial charge in [0.05, 0.1) is 5.70 Å². The fourth-order valence-electron chi connectivity index (χ4n) is 1.56. The van der Waals surface area contributed by atoms with Crippen LogP contribution in [-0.2, 0) is 0 Å². The Morgan fingerprint density at radius 1 is 1.50 bits per heavy atom. The van der Waals surface area contributed by atoms with Crippen LogP contribution in [0.15, 0.2) is 46.0 Å².